The number of aromatic carboxylic acids is 1. The summed E-state index contributed by atoms with van der Waals surface area (Å²) in [7, 11) is 0. The van der Waals surface area contributed by atoms with E-state index in [2.05, 4.69) is 9.97 Å². The number of aromatic nitrogens is 3. The lowest BCUT2D eigenvalue weighted by Crippen LogP contribution is -2.27. The predicted octanol–water partition coefficient (Wildman–Crippen LogP) is 6.99. The van der Waals surface area contributed by atoms with Crippen LogP contribution >= 0.6 is 0 Å². The molecule has 1 aliphatic heterocycles. The molecular weight excluding hydrogens is 604 g/mol. The van der Waals surface area contributed by atoms with Crippen molar-refractivity contribution in [1.82, 2.24) is 14.5 Å². The van der Waals surface area contributed by atoms with Crippen molar-refractivity contribution >= 4 is 17.0 Å². The molecule has 8 nitrogen and oxygen atoms in total. The SMILES string of the molecule is CC1(C)COCC1n1c(Cc2cc(F)c(-c3cccc(OCc4ccc(C#N)cc4F)n3)cc2F)nc2cc(F)c(C(=O)O)cc21. The van der Waals surface area contributed by atoms with Crippen molar-refractivity contribution in [3.8, 4) is 23.2 Å². The van der Waals surface area contributed by atoms with Gasteiger partial charge in [-0.25, -0.2) is 32.3 Å². The second kappa shape index (κ2) is 11.9. The molecule has 2 aromatic heterocycles. The molecule has 1 fully saturated rings. The Morgan fingerprint density at radius 1 is 1.02 bits per heavy atom. The van der Waals surface area contributed by atoms with E-state index in [4.69, 9.17) is 14.7 Å². The number of benzene rings is 3. The summed E-state index contributed by atoms with van der Waals surface area (Å²) in [6.45, 7) is 4.39. The van der Waals surface area contributed by atoms with Gasteiger partial charge in [0.2, 0.25) is 5.88 Å². The smallest absolute Gasteiger partial charge is 0.338 e. The first-order valence-electron chi connectivity index (χ1n) is 14.2. The van der Waals surface area contributed by atoms with Gasteiger partial charge in [0, 0.05) is 35.1 Å². The highest BCUT2D eigenvalue weighted by Crippen LogP contribution is 2.41. The Morgan fingerprint density at radius 2 is 1.80 bits per heavy atom. The molecule has 0 spiro atoms. The van der Waals surface area contributed by atoms with Gasteiger partial charge in [-0.3, -0.25) is 0 Å². The number of carbonyl (C=O) groups is 1. The van der Waals surface area contributed by atoms with E-state index in [0.29, 0.717) is 12.1 Å². The Hall–Kier alpha value is -5.28. The van der Waals surface area contributed by atoms with Crippen molar-refractivity contribution in [2.75, 3.05) is 13.2 Å². The molecule has 0 radical (unpaired) electrons. The van der Waals surface area contributed by atoms with Crippen LogP contribution in [-0.4, -0.2) is 38.8 Å². The summed E-state index contributed by atoms with van der Waals surface area (Å²) in [5, 5.41) is 18.4. The maximum absolute atomic E-state index is 15.6. The second-order valence-electron chi connectivity index (χ2n) is 11.7. The molecule has 1 N–H and O–H groups in total. The average Bonchev–Trinajstić information content (AvgIpc) is 3.54. The summed E-state index contributed by atoms with van der Waals surface area (Å²) in [6.07, 6.45) is -0.180. The largest absolute Gasteiger partial charge is 0.478 e. The van der Waals surface area contributed by atoms with E-state index in [1.807, 2.05) is 19.9 Å². The number of ether oxygens (including phenoxy) is 2. The molecule has 12 heteroatoms. The van der Waals surface area contributed by atoms with Crippen molar-refractivity contribution in [3.05, 3.63) is 112 Å². The Kier molecular flexibility index (Phi) is 7.96. The number of hydrogen-bond acceptors (Lipinski definition) is 6. The lowest BCUT2D eigenvalue weighted by Gasteiger charge is -2.28. The fourth-order valence-electron chi connectivity index (χ4n) is 5.60. The number of hydrogen-bond donors (Lipinski definition) is 1. The molecule has 46 heavy (non-hydrogen) atoms. The zero-order chi connectivity index (χ0) is 32.7. The van der Waals surface area contributed by atoms with Crippen LogP contribution in [0.5, 0.6) is 5.88 Å². The third kappa shape index (κ3) is 5.77. The maximum Gasteiger partial charge on any atom is 0.338 e. The van der Waals surface area contributed by atoms with Crippen LogP contribution in [0.25, 0.3) is 22.3 Å². The minimum atomic E-state index is -1.44. The fraction of sp³-hybridized carbons (Fsp3) is 0.235. The Balaban J connectivity index is 1.32. The number of carboxylic acid groups (broad SMARTS) is 1. The van der Waals surface area contributed by atoms with Gasteiger partial charge in [0.1, 0.15) is 35.7 Å². The molecule has 3 heterocycles. The zero-order valence-corrected chi connectivity index (χ0v) is 24.7. The monoisotopic (exact) mass is 630 g/mol. The lowest BCUT2D eigenvalue weighted by atomic mass is 9.87. The van der Waals surface area contributed by atoms with Gasteiger partial charge < -0.3 is 19.1 Å². The standard InChI is InChI=1S/C34H26F4N4O4/c1-34(2)17-45-16-30(34)42-29-12-22(33(43)44)26(38)13-28(29)40-31(42)10-20-9-25(37)21(11-24(20)36)27-4-3-5-32(41-27)46-15-19-7-6-18(14-39)8-23(19)35/h3-9,11-13,30H,10,15-17H2,1-2H3,(H,43,44). The van der Waals surface area contributed by atoms with Gasteiger partial charge in [-0.15, -0.1) is 0 Å². The van der Waals surface area contributed by atoms with Gasteiger partial charge in [-0.2, -0.15) is 5.26 Å². The van der Waals surface area contributed by atoms with Gasteiger partial charge in [-0.05, 0) is 42.0 Å². The molecule has 0 aliphatic carbocycles. The minimum Gasteiger partial charge on any atom is -0.478 e. The van der Waals surface area contributed by atoms with Gasteiger partial charge in [0.25, 0.3) is 0 Å². The molecule has 3 aromatic carbocycles. The third-order valence-electron chi connectivity index (χ3n) is 8.09. The van der Waals surface area contributed by atoms with Crippen LogP contribution in [0.3, 0.4) is 0 Å². The lowest BCUT2D eigenvalue weighted by molar-refractivity contribution is 0.0692. The van der Waals surface area contributed by atoms with Crippen LogP contribution in [-0.2, 0) is 17.8 Å². The maximum atomic E-state index is 15.6. The highest BCUT2D eigenvalue weighted by Gasteiger charge is 2.39. The van der Waals surface area contributed by atoms with E-state index in [1.165, 1.54) is 36.4 Å². The number of nitriles is 1. The topological polar surface area (TPSA) is 110 Å². The molecule has 234 valence electrons. The van der Waals surface area contributed by atoms with Crippen LogP contribution in [0, 0.1) is 40.0 Å². The summed E-state index contributed by atoms with van der Waals surface area (Å²) < 4.78 is 73.1. The summed E-state index contributed by atoms with van der Waals surface area (Å²) in [6, 6.07) is 14.3. The van der Waals surface area contributed by atoms with Gasteiger partial charge in [0.15, 0.2) is 0 Å². The van der Waals surface area contributed by atoms with Crippen LogP contribution in [0.4, 0.5) is 17.6 Å². The molecular formula is C34H26F4N4O4. The van der Waals surface area contributed by atoms with Gasteiger partial charge >= 0.3 is 5.97 Å². The first-order valence-corrected chi connectivity index (χ1v) is 14.2. The van der Waals surface area contributed by atoms with Crippen molar-refractivity contribution in [1.29, 1.82) is 5.26 Å². The molecule has 1 aliphatic rings. The molecule has 6 rings (SSSR count). The normalized spacial score (nSPS) is 15.6. The zero-order valence-electron chi connectivity index (χ0n) is 24.7. The highest BCUT2D eigenvalue weighted by molar-refractivity contribution is 5.93. The van der Waals surface area contributed by atoms with Crippen LogP contribution in [0.15, 0.2) is 60.7 Å². The number of rotatable bonds is 8. The Bertz CT molecular complexity index is 2050. The Morgan fingerprint density at radius 3 is 2.50 bits per heavy atom. The fourth-order valence-corrected chi connectivity index (χ4v) is 5.60. The van der Waals surface area contributed by atoms with Crippen LogP contribution in [0.1, 0.15) is 52.8 Å². The van der Waals surface area contributed by atoms with Crippen LogP contribution in [0.2, 0.25) is 0 Å². The molecule has 0 saturated carbocycles. The molecule has 1 unspecified atom stereocenters. The average molecular weight is 631 g/mol. The predicted molar refractivity (Wildman–Crippen MR) is 158 cm³/mol. The molecule has 5 aromatic rings. The number of fused-ring (bicyclic) bond motifs is 1. The molecule has 1 saturated heterocycles. The molecule has 0 amide bonds. The summed E-state index contributed by atoms with van der Waals surface area (Å²) in [5.41, 5.74) is -0.158. The molecule has 0 bridgehead atoms. The van der Waals surface area contributed by atoms with Crippen LogP contribution < -0.4 is 4.74 Å². The van der Waals surface area contributed by atoms with Crippen molar-refractivity contribution in [3.63, 3.8) is 0 Å². The Labute approximate surface area is 260 Å². The van der Waals surface area contributed by atoms with E-state index in [9.17, 15) is 18.7 Å². The quantitative estimate of drug-likeness (QED) is 0.184. The van der Waals surface area contributed by atoms with E-state index in [-0.39, 0.29) is 70.8 Å². The molecule has 1 atom stereocenters. The number of carboxylic acids is 1. The van der Waals surface area contributed by atoms with E-state index in [0.717, 1.165) is 24.3 Å². The van der Waals surface area contributed by atoms with Crippen molar-refractivity contribution in [2.45, 2.75) is 32.9 Å². The first kappa shape index (κ1) is 30.7. The summed E-state index contributed by atoms with van der Waals surface area (Å²) in [5.74, 6) is -4.20. The third-order valence-corrected chi connectivity index (χ3v) is 8.09. The van der Waals surface area contributed by atoms with Gasteiger partial charge in [0.05, 0.1) is 53.2 Å². The van der Waals surface area contributed by atoms with E-state index >= 15 is 8.78 Å². The van der Waals surface area contributed by atoms with E-state index < -0.39 is 40.2 Å². The highest BCUT2D eigenvalue weighted by atomic mass is 19.1. The van der Waals surface area contributed by atoms with E-state index in [1.54, 1.807) is 4.57 Å². The van der Waals surface area contributed by atoms with Crippen molar-refractivity contribution in [2.24, 2.45) is 5.41 Å². The number of halogens is 4. The number of imidazole rings is 1. The summed E-state index contributed by atoms with van der Waals surface area (Å²) >= 11 is 0. The minimum absolute atomic E-state index is 0.0304. The van der Waals surface area contributed by atoms with Gasteiger partial charge in [-0.1, -0.05) is 26.0 Å². The first-order chi connectivity index (χ1) is 21.9. The van der Waals surface area contributed by atoms with Crippen molar-refractivity contribution < 1.29 is 36.9 Å². The summed E-state index contributed by atoms with van der Waals surface area (Å²) in [4.78, 5) is 20.5. The number of nitrogens with zero attached hydrogens (tertiary/aromatic N) is 4. The second-order valence-corrected chi connectivity index (χ2v) is 11.7. The number of pyridine rings is 1.